The lowest BCUT2D eigenvalue weighted by atomic mass is 10.2. The summed E-state index contributed by atoms with van der Waals surface area (Å²) >= 11 is 0. The molecule has 1 atom stereocenters. The molecule has 0 aromatic heterocycles. The molecule has 5 nitrogen and oxygen atoms in total. The topological polar surface area (TPSA) is 48.0 Å². The average molecular weight is 293 g/mol. The van der Waals surface area contributed by atoms with E-state index in [0.717, 1.165) is 12.3 Å². The Kier molecular flexibility index (Phi) is 6.02. The molecule has 1 heterocycles. The van der Waals surface area contributed by atoms with Crippen molar-refractivity contribution in [1.29, 1.82) is 0 Å². The van der Waals surface area contributed by atoms with Crippen LogP contribution >= 0.6 is 0 Å². The molecule has 0 radical (unpaired) electrons. The first-order chi connectivity index (χ1) is 10.2. The van der Waals surface area contributed by atoms with Crippen LogP contribution in [0.5, 0.6) is 5.75 Å². The van der Waals surface area contributed by atoms with E-state index in [1.54, 1.807) is 0 Å². The first-order valence-electron chi connectivity index (χ1n) is 7.36. The van der Waals surface area contributed by atoms with E-state index in [4.69, 9.17) is 14.2 Å². The van der Waals surface area contributed by atoms with Crippen molar-refractivity contribution in [3.05, 3.63) is 29.8 Å². The Balaban J connectivity index is 1.77. The average Bonchev–Trinajstić information content (AvgIpc) is 2.46. The highest BCUT2D eigenvalue weighted by Gasteiger charge is 2.23. The van der Waals surface area contributed by atoms with Crippen molar-refractivity contribution in [2.75, 3.05) is 39.5 Å². The van der Waals surface area contributed by atoms with Gasteiger partial charge in [0.2, 0.25) is 0 Å². The van der Waals surface area contributed by atoms with E-state index in [-0.39, 0.29) is 12.1 Å². The van der Waals surface area contributed by atoms with Crippen LogP contribution in [0.4, 0.5) is 0 Å². The van der Waals surface area contributed by atoms with Gasteiger partial charge in [0.25, 0.3) is 0 Å². The molecule has 0 saturated carbocycles. The number of carbonyl (C=O) groups is 1. The third-order valence-corrected chi connectivity index (χ3v) is 3.31. The fourth-order valence-electron chi connectivity index (χ4n) is 2.31. The Hall–Kier alpha value is -1.59. The Morgan fingerprint density at radius 2 is 2.33 bits per heavy atom. The molecule has 0 aliphatic carbocycles. The summed E-state index contributed by atoms with van der Waals surface area (Å²) in [5.74, 6) is 0.666. The van der Waals surface area contributed by atoms with Crippen LogP contribution < -0.4 is 4.74 Å². The summed E-state index contributed by atoms with van der Waals surface area (Å²) in [7, 11) is 0. The van der Waals surface area contributed by atoms with Gasteiger partial charge < -0.3 is 14.2 Å². The molecule has 1 aromatic rings. The second kappa shape index (κ2) is 8.00. The summed E-state index contributed by atoms with van der Waals surface area (Å²) in [4.78, 5) is 13.5. The molecule has 0 amide bonds. The minimum Gasteiger partial charge on any atom is -0.491 e. The number of morpholine rings is 1. The predicted molar refractivity (Wildman–Crippen MR) is 79.5 cm³/mol. The standard InChI is InChI=1S/C16H23NO4/c1-3-19-16(18)11-17-7-8-20-15(10-17)12-21-14-6-4-5-13(2)9-14/h4-6,9,15H,3,7-8,10-12H2,1-2H3/t15-/m1/s1. The number of rotatable bonds is 6. The van der Waals surface area contributed by atoms with Gasteiger partial charge in [0, 0.05) is 13.1 Å². The number of hydrogen-bond donors (Lipinski definition) is 0. The predicted octanol–water partition coefficient (Wildman–Crippen LogP) is 1.64. The molecule has 2 rings (SSSR count). The van der Waals surface area contributed by atoms with E-state index in [1.165, 1.54) is 5.56 Å². The van der Waals surface area contributed by atoms with Crippen molar-refractivity contribution in [1.82, 2.24) is 4.90 Å². The summed E-state index contributed by atoms with van der Waals surface area (Å²) in [6.45, 7) is 7.12. The van der Waals surface area contributed by atoms with Gasteiger partial charge >= 0.3 is 5.97 Å². The largest absolute Gasteiger partial charge is 0.491 e. The zero-order chi connectivity index (χ0) is 15.1. The van der Waals surface area contributed by atoms with Crippen molar-refractivity contribution < 1.29 is 19.0 Å². The molecule has 5 heteroatoms. The maximum atomic E-state index is 11.5. The number of nitrogens with zero attached hydrogens (tertiary/aromatic N) is 1. The SMILES string of the molecule is CCOC(=O)CN1CCO[C@@H](COc2cccc(C)c2)C1. The molecule has 1 aromatic carbocycles. The lowest BCUT2D eigenvalue weighted by Crippen LogP contribution is -2.47. The van der Waals surface area contributed by atoms with E-state index in [2.05, 4.69) is 0 Å². The maximum Gasteiger partial charge on any atom is 0.320 e. The molecule has 1 saturated heterocycles. The molecular weight excluding hydrogens is 270 g/mol. The van der Waals surface area contributed by atoms with E-state index in [9.17, 15) is 4.79 Å². The number of benzene rings is 1. The van der Waals surface area contributed by atoms with Crippen molar-refractivity contribution in [3.63, 3.8) is 0 Å². The van der Waals surface area contributed by atoms with E-state index >= 15 is 0 Å². The number of aryl methyl sites for hydroxylation is 1. The highest BCUT2D eigenvalue weighted by atomic mass is 16.5. The summed E-state index contributed by atoms with van der Waals surface area (Å²) in [6, 6.07) is 7.94. The van der Waals surface area contributed by atoms with Crippen LogP contribution in [-0.4, -0.2) is 56.4 Å². The van der Waals surface area contributed by atoms with Gasteiger partial charge in [-0.3, -0.25) is 9.69 Å². The van der Waals surface area contributed by atoms with E-state index in [0.29, 0.717) is 32.9 Å². The zero-order valence-corrected chi connectivity index (χ0v) is 12.7. The molecule has 0 N–H and O–H groups in total. The molecule has 1 aliphatic rings. The lowest BCUT2D eigenvalue weighted by Gasteiger charge is -2.32. The number of ether oxygens (including phenoxy) is 3. The van der Waals surface area contributed by atoms with Crippen LogP contribution in [-0.2, 0) is 14.3 Å². The van der Waals surface area contributed by atoms with Gasteiger partial charge in [-0.1, -0.05) is 12.1 Å². The van der Waals surface area contributed by atoms with Gasteiger partial charge in [-0.2, -0.15) is 0 Å². The normalized spacial score (nSPS) is 19.2. The third kappa shape index (κ3) is 5.36. The van der Waals surface area contributed by atoms with Gasteiger partial charge in [0.15, 0.2) is 0 Å². The Bertz CT molecular complexity index is 463. The molecule has 1 fully saturated rings. The molecular formula is C16H23NO4. The minimum atomic E-state index is -0.183. The highest BCUT2D eigenvalue weighted by molar-refractivity contribution is 5.71. The fraction of sp³-hybridized carbons (Fsp3) is 0.562. The Morgan fingerprint density at radius 3 is 3.10 bits per heavy atom. The van der Waals surface area contributed by atoms with E-state index < -0.39 is 0 Å². The smallest absolute Gasteiger partial charge is 0.320 e. The molecule has 0 bridgehead atoms. The van der Waals surface area contributed by atoms with Gasteiger partial charge in [-0.25, -0.2) is 0 Å². The Morgan fingerprint density at radius 1 is 1.48 bits per heavy atom. The molecule has 1 aliphatic heterocycles. The van der Waals surface area contributed by atoms with Crippen LogP contribution in [0.2, 0.25) is 0 Å². The molecule has 0 spiro atoms. The van der Waals surface area contributed by atoms with Gasteiger partial charge in [0.05, 0.1) is 19.8 Å². The fourth-order valence-corrected chi connectivity index (χ4v) is 2.31. The van der Waals surface area contributed by atoms with Crippen molar-refractivity contribution >= 4 is 5.97 Å². The second-order valence-corrected chi connectivity index (χ2v) is 5.16. The summed E-state index contributed by atoms with van der Waals surface area (Å²) in [6.07, 6.45) is -0.0197. The lowest BCUT2D eigenvalue weighted by molar-refractivity contribution is -0.146. The van der Waals surface area contributed by atoms with Crippen LogP contribution in [0.3, 0.4) is 0 Å². The zero-order valence-electron chi connectivity index (χ0n) is 12.7. The number of hydrogen-bond acceptors (Lipinski definition) is 5. The minimum absolute atomic E-state index is 0.0197. The first kappa shape index (κ1) is 15.8. The van der Waals surface area contributed by atoms with Crippen LogP contribution in [0.25, 0.3) is 0 Å². The Labute approximate surface area is 125 Å². The second-order valence-electron chi connectivity index (χ2n) is 5.16. The van der Waals surface area contributed by atoms with Gasteiger partial charge in [0.1, 0.15) is 18.5 Å². The quantitative estimate of drug-likeness (QED) is 0.746. The van der Waals surface area contributed by atoms with Gasteiger partial charge in [-0.15, -0.1) is 0 Å². The highest BCUT2D eigenvalue weighted by Crippen LogP contribution is 2.14. The number of esters is 1. The molecule has 21 heavy (non-hydrogen) atoms. The van der Waals surface area contributed by atoms with Crippen LogP contribution in [0.1, 0.15) is 12.5 Å². The summed E-state index contributed by atoms with van der Waals surface area (Å²) < 4.78 is 16.4. The van der Waals surface area contributed by atoms with E-state index in [1.807, 2.05) is 43.0 Å². The summed E-state index contributed by atoms with van der Waals surface area (Å²) in [5, 5.41) is 0. The third-order valence-electron chi connectivity index (χ3n) is 3.31. The maximum absolute atomic E-state index is 11.5. The molecule has 0 unspecified atom stereocenters. The number of carbonyl (C=O) groups excluding carboxylic acids is 1. The van der Waals surface area contributed by atoms with Gasteiger partial charge in [-0.05, 0) is 31.5 Å². The monoisotopic (exact) mass is 293 g/mol. The van der Waals surface area contributed by atoms with Crippen molar-refractivity contribution in [3.8, 4) is 5.75 Å². The van der Waals surface area contributed by atoms with Crippen molar-refractivity contribution in [2.24, 2.45) is 0 Å². The summed E-state index contributed by atoms with van der Waals surface area (Å²) in [5.41, 5.74) is 1.17. The van der Waals surface area contributed by atoms with Crippen molar-refractivity contribution in [2.45, 2.75) is 20.0 Å². The van der Waals surface area contributed by atoms with Crippen LogP contribution in [0.15, 0.2) is 24.3 Å². The molecule has 116 valence electrons. The first-order valence-corrected chi connectivity index (χ1v) is 7.36. The van der Waals surface area contributed by atoms with Crippen LogP contribution in [0, 0.1) is 6.92 Å².